The molecular formula is C15H8Cl3NO2S. The van der Waals surface area contributed by atoms with Crippen LogP contribution < -0.4 is 0 Å². The Morgan fingerprint density at radius 1 is 1.00 bits per heavy atom. The van der Waals surface area contributed by atoms with Crippen molar-refractivity contribution in [1.82, 2.24) is 0 Å². The van der Waals surface area contributed by atoms with Gasteiger partial charge in [0.15, 0.2) is 0 Å². The molecule has 2 aromatic carbocycles. The third-order valence-corrected chi connectivity index (χ3v) is 5.39. The van der Waals surface area contributed by atoms with Crippen LogP contribution in [0.4, 0.5) is 0 Å². The molecule has 0 heterocycles. The van der Waals surface area contributed by atoms with Crippen LogP contribution in [0.3, 0.4) is 0 Å². The van der Waals surface area contributed by atoms with E-state index in [0.717, 1.165) is 6.08 Å². The summed E-state index contributed by atoms with van der Waals surface area (Å²) in [5, 5.41) is 10.1. The molecule has 0 unspecified atom stereocenters. The molecule has 2 rings (SSSR count). The highest BCUT2D eigenvalue weighted by Crippen LogP contribution is 2.29. The summed E-state index contributed by atoms with van der Waals surface area (Å²) in [7, 11) is -3.98. The molecule has 0 amide bonds. The second-order valence-corrected chi connectivity index (χ2v) is 7.38. The number of hydrogen-bond acceptors (Lipinski definition) is 3. The highest BCUT2D eigenvalue weighted by Gasteiger charge is 2.21. The fourth-order valence-electron chi connectivity index (χ4n) is 1.69. The zero-order chi connectivity index (χ0) is 16.3. The second-order valence-electron chi connectivity index (χ2n) is 4.21. The molecule has 0 saturated heterocycles. The number of nitrogens with zero attached hydrogens (tertiary/aromatic N) is 1. The van der Waals surface area contributed by atoms with Gasteiger partial charge in [-0.1, -0.05) is 40.9 Å². The van der Waals surface area contributed by atoms with E-state index in [-0.39, 0.29) is 20.5 Å². The summed E-state index contributed by atoms with van der Waals surface area (Å²) in [4.78, 5) is -0.488. The van der Waals surface area contributed by atoms with E-state index in [1.54, 1.807) is 24.3 Å². The Bertz CT molecular complexity index is 862. The zero-order valence-corrected chi connectivity index (χ0v) is 14.0. The number of allylic oxidation sites excluding steroid dienone is 1. The Labute approximate surface area is 143 Å². The molecule has 0 aliphatic carbocycles. The molecule has 0 aromatic heterocycles. The van der Waals surface area contributed by atoms with Crippen molar-refractivity contribution in [2.75, 3.05) is 0 Å². The van der Waals surface area contributed by atoms with E-state index >= 15 is 0 Å². The van der Waals surface area contributed by atoms with Gasteiger partial charge in [-0.15, -0.1) is 0 Å². The molecule has 0 aliphatic rings. The van der Waals surface area contributed by atoms with Crippen molar-refractivity contribution in [2.45, 2.75) is 4.90 Å². The zero-order valence-electron chi connectivity index (χ0n) is 10.9. The third kappa shape index (κ3) is 3.45. The maximum absolute atomic E-state index is 12.5. The number of nitriles is 1. The molecule has 2 aromatic rings. The SMILES string of the molecule is N#C/C(=C\c1c(Cl)cccc1Cl)S(=O)(=O)c1ccc(Cl)cc1. The molecule has 0 aliphatic heterocycles. The predicted molar refractivity (Wildman–Crippen MR) is 88.7 cm³/mol. The van der Waals surface area contributed by atoms with Crippen molar-refractivity contribution in [1.29, 1.82) is 5.26 Å². The Morgan fingerprint density at radius 2 is 1.55 bits per heavy atom. The molecule has 22 heavy (non-hydrogen) atoms. The number of halogens is 3. The number of sulfone groups is 1. The molecule has 0 spiro atoms. The van der Waals surface area contributed by atoms with Crippen LogP contribution in [0.15, 0.2) is 52.3 Å². The van der Waals surface area contributed by atoms with Crippen molar-refractivity contribution < 1.29 is 8.42 Å². The van der Waals surface area contributed by atoms with Gasteiger partial charge in [-0.25, -0.2) is 8.42 Å². The maximum Gasteiger partial charge on any atom is 0.216 e. The molecule has 0 fully saturated rings. The minimum atomic E-state index is -3.98. The minimum absolute atomic E-state index is 0.0344. The summed E-state index contributed by atoms with van der Waals surface area (Å²) in [6.45, 7) is 0. The van der Waals surface area contributed by atoms with Gasteiger partial charge in [-0.2, -0.15) is 5.26 Å². The Morgan fingerprint density at radius 3 is 2.05 bits per heavy atom. The Hall–Kier alpha value is -1.51. The molecule has 0 saturated carbocycles. The van der Waals surface area contributed by atoms with E-state index in [1.807, 2.05) is 0 Å². The fraction of sp³-hybridized carbons (Fsp3) is 0. The molecule has 3 nitrogen and oxygen atoms in total. The summed E-state index contributed by atoms with van der Waals surface area (Å²) in [6.07, 6.45) is 1.16. The lowest BCUT2D eigenvalue weighted by molar-refractivity contribution is 0.603. The molecular weight excluding hydrogens is 365 g/mol. The van der Waals surface area contributed by atoms with Gasteiger partial charge in [-0.3, -0.25) is 0 Å². The van der Waals surface area contributed by atoms with Gasteiger partial charge >= 0.3 is 0 Å². The van der Waals surface area contributed by atoms with Crippen LogP contribution in [-0.4, -0.2) is 8.42 Å². The first-order valence-corrected chi connectivity index (χ1v) is 8.54. The van der Waals surface area contributed by atoms with Crippen LogP contribution in [0.1, 0.15) is 5.56 Å². The lowest BCUT2D eigenvalue weighted by Gasteiger charge is -2.05. The molecule has 7 heteroatoms. The molecule has 0 bridgehead atoms. The van der Waals surface area contributed by atoms with Crippen molar-refractivity contribution in [3.8, 4) is 6.07 Å². The lowest BCUT2D eigenvalue weighted by atomic mass is 10.2. The van der Waals surface area contributed by atoms with Crippen molar-refractivity contribution >= 4 is 50.7 Å². The largest absolute Gasteiger partial charge is 0.218 e. The van der Waals surface area contributed by atoms with E-state index in [9.17, 15) is 13.7 Å². The average Bonchev–Trinajstić information content (AvgIpc) is 2.47. The monoisotopic (exact) mass is 371 g/mol. The number of hydrogen-bond donors (Lipinski definition) is 0. The van der Waals surface area contributed by atoms with Gasteiger partial charge in [-0.05, 0) is 42.5 Å². The van der Waals surface area contributed by atoms with Gasteiger partial charge in [0.25, 0.3) is 0 Å². The predicted octanol–water partition coefficient (Wildman–Crippen LogP) is 4.99. The smallest absolute Gasteiger partial charge is 0.216 e. The van der Waals surface area contributed by atoms with E-state index in [4.69, 9.17) is 34.8 Å². The van der Waals surface area contributed by atoms with Crippen LogP contribution in [0.5, 0.6) is 0 Å². The topological polar surface area (TPSA) is 57.9 Å². The lowest BCUT2D eigenvalue weighted by Crippen LogP contribution is -2.03. The van der Waals surface area contributed by atoms with Gasteiger partial charge in [0.1, 0.15) is 11.0 Å². The minimum Gasteiger partial charge on any atom is -0.218 e. The molecule has 0 radical (unpaired) electrons. The summed E-state index contributed by atoms with van der Waals surface area (Å²) in [5.41, 5.74) is 0.278. The van der Waals surface area contributed by atoms with Crippen LogP contribution in [0.25, 0.3) is 6.08 Å². The Kier molecular flexibility index (Phi) is 5.15. The molecule has 0 N–H and O–H groups in total. The quantitative estimate of drug-likeness (QED) is 0.713. The van der Waals surface area contributed by atoms with Crippen molar-refractivity contribution in [3.05, 3.63) is 68.0 Å². The van der Waals surface area contributed by atoms with E-state index < -0.39 is 14.7 Å². The van der Waals surface area contributed by atoms with Crippen molar-refractivity contribution in [2.24, 2.45) is 0 Å². The van der Waals surface area contributed by atoms with Gasteiger partial charge in [0.05, 0.1) is 4.90 Å². The van der Waals surface area contributed by atoms with E-state index in [1.165, 1.54) is 24.3 Å². The van der Waals surface area contributed by atoms with Gasteiger partial charge < -0.3 is 0 Å². The highest BCUT2D eigenvalue weighted by atomic mass is 35.5. The summed E-state index contributed by atoms with van der Waals surface area (Å²) in [5.74, 6) is 0. The standard InChI is InChI=1S/C15H8Cl3NO2S/c16-10-4-6-11(7-5-10)22(20,21)12(9-19)8-13-14(17)2-1-3-15(13)18/h1-8H/b12-8+. The van der Waals surface area contributed by atoms with Crippen LogP contribution in [0.2, 0.25) is 15.1 Å². The van der Waals surface area contributed by atoms with Crippen LogP contribution in [0, 0.1) is 11.3 Å². The summed E-state index contributed by atoms with van der Waals surface area (Å²) >= 11 is 17.7. The molecule has 112 valence electrons. The Balaban J connectivity index is 2.59. The fourth-order valence-corrected chi connectivity index (χ4v) is 3.46. The second kappa shape index (κ2) is 6.72. The van der Waals surface area contributed by atoms with Crippen LogP contribution in [-0.2, 0) is 9.84 Å². The first-order chi connectivity index (χ1) is 10.4. The van der Waals surface area contributed by atoms with Crippen molar-refractivity contribution in [3.63, 3.8) is 0 Å². The van der Waals surface area contributed by atoms with E-state index in [0.29, 0.717) is 5.02 Å². The highest BCUT2D eigenvalue weighted by molar-refractivity contribution is 7.95. The van der Waals surface area contributed by atoms with E-state index in [2.05, 4.69) is 0 Å². The number of benzene rings is 2. The summed E-state index contributed by atoms with van der Waals surface area (Å²) < 4.78 is 25.0. The van der Waals surface area contributed by atoms with Crippen LogP contribution >= 0.6 is 34.8 Å². The van der Waals surface area contributed by atoms with Gasteiger partial charge in [0.2, 0.25) is 9.84 Å². The average molecular weight is 373 g/mol. The van der Waals surface area contributed by atoms with Gasteiger partial charge in [0, 0.05) is 20.6 Å². The first-order valence-electron chi connectivity index (χ1n) is 5.92. The first kappa shape index (κ1) is 16.9. The number of rotatable bonds is 3. The third-order valence-electron chi connectivity index (χ3n) is 2.80. The normalized spacial score (nSPS) is 12.0. The maximum atomic E-state index is 12.5. The summed E-state index contributed by atoms with van der Waals surface area (Å²) in [6, 6.07) is 12.0. The molecule has 0 atom stereocenters.